The van der Waals surface area contributed by atoms with Gasteiger partial charge in [-0.2, -0.15) is 0 Å². The molecule has 1 aliphatic heterocycles. The molecule has 3 heterocycles. The van der Waals surface area contributed by atoms with Crippen LogP contribution in [0.25, 0.3) is 11.0 Å². The van der Waals surface area contributed by atoms with E-state index in [1.54, 1.807) is 12.3 Å². The predicted molar refractivity (Wildman–Crippen MR) is 133 cm³/mol. The van der Waals surface area contributed by atoms with Gasteiger partial charge in [-0.3, -0.25) is 9.59 Å². The third kappa shape index (κ3) is 4.96. The Kier molecular flexibility index (Phi) is 6.34. The average molecular weight is 471 g/mol. The van der Waals surface area contributed by atoms with E-state index < -0.39 is 0 Å². The van der Waals surface area contributed by atoms with Crippen LogP contribution in [0.5, 0.6) is 5.75 Å². The molecule has 35 heavy (non-hydrogen) atoms. The molecular formula is C27H26N4O4. The molecule has 3 N–H and O–H groups in total. The molecule has 2 aromatic heterocycles. The molecule has 4 aromatic rings. The normalized spacial score (nSPS) is 15.7. The van der Waals surface area contributed by atoms with Crippen molar-refractivity contribution in [1.82, 2.24) is 4.98 Å². The van der Waals surface area contributed by atoms with Crippen LogP contribution in [0.1, 0.15) is 29.0 Å². The maximum absolute atomic E-state index is 13.2. The number of nitrogens with two attached hydrogens (primary N) is 1. The molecule has 0 radical (unpaired) electrons. The van der Waals surface area contributed by atoms with Crippen molar-refractivity contribution in [3.8, 4) is 5.75 Å². The Morgan fingerprint density at radius 3 is 2.66 bits per heavy atom. The van der Waals surface area contributed by atoms with Crippen molar-refractivity contribution in [1.29, 1.82) is 0 Å². The number of primary amides is 1. The first-order valence-corrected chi connectivity index (χ1v) is 11.6. The van der Waals surface area contributed by atoms with Gasteiger partial charge in [0.05, 0.1) is 17.8 Å². The third-order valence-electron chi connectivity index (χ3n) is 6.18. The fourth-order valence-electron chi connectivity index (χ4n) is 4.35. The van der Waals surface area contributed by atoms with E-state index in [1.165, 1.54) is 0 Å². The molecule has 1 saturated heterocycles. The minimum absolute atomic E-state index is 0.172. The number of hydrogen-bond donors (Lipinski definition) is 2. The largest absolute Gasteiger partial charge is 0.489 e. The molecule has 1 fully saturated rings. The summed E-state index contributed by atoms with van der Waals surface area (Å²) in [6.45, 7) is 1.56. The zero-order valence-electron chi connectivity index (χ0n) is 19.1. The molecule has 178 valence electrons. The minimum Gasteiger partial charge on any atom is -0.489 e. The van der Waals surface area contributed by atoms with Crippen LogP contribution in [-0.4, -0.2) is 29.9 Å². The zero-order chi connectivity index (χ0) is 24.2. The lowest BCUT2D eigenvalue weighted by Crippen LogP contribution is -2.41. The summed E-state index contributed by atoms with van der Waals surface area (Å²) in [5.41, 5.74) is 7.32. The standard InChI is InChI=1S/C27H26N4O4/c28-26(32)18-7-6-14-31(16-18)24-13-12-19(15-29-24)30-27(33)25-22(17-34-20-8-2-1-3-9-20)21-10-4-5-11-23(21)35-25/h1-5,8-13,15,18H,6-7,14,16-17H2,(H2,28,32)(H,30,33). The monoisotopic (exact) mass is 470 g/mol. The van der Waals surface area contributed by atoms with E-state index in [9.17, 15) is 9.59 Å². The zero-order valence-corrected chi connectivity index (χ0v) is 19.1. The molecule has 0 bridgehead atoms. The van der Waals surface area contributed by atoms with Crippen molar-refractivity contribution in [2.24, 2.45) is 11.7 Å². The van der Waals surface area contributed by atoms with Gasteiger partial charge >= 0.3 is 0 Å². The molecule has 1 unspecified atom stereocenters. The summed E-state index contributed by atoms with van der Waals surface area (Å²) in [5.74, 6) is 0.821. The lowest BCUT2D eigenvalue weighted by atomic mass is 9.97. The Balaban J connectivity index is 1.32. The number of amides is 2. The molecule has 5 rings (SSSR count). The highest BCUT2D eigenvalue weighted by Gasteiger charge is 2.25. The summed E-state index contributed by atoms with van der Waals surface area (Å²) in [6, 6.07) is 20.6. The topological polar surface area (TPSA) is 111 Å². The second kappa shape index (κ2) is 9.89. The number of para-hydroxylation sites is 2. The minimum atomic E-state index is -0.380. The molecule has 1 aliphatic rings. The molecule has 0 saturated carbocycles. The molecule has 8 nitrogen and oxygen atoms in total. The summed E-state index contributed by atoms with van der Waals surface area (Å²) in [6.07, 6.45) is 3.28. The summed E-state index contributed by atoms with van der Waals surface area (Å²) in [7, 11) is 0. The SMILES string of the molecule is NC(=O)C1CCCN(c2ccc(NC(=O)c3oc4ccccc4c3COc3ccccc3)cn2)C1. The number of hydrogen-bond acceptors (Lipinski definition) is 6. The summed E-state index contributed by atoms with van der Waals surface area (Å²) >= 11 is 0. The number of benzene rings is 2. The second-order valence-corrected chi connectivity index (χ2v) is 8.55. The Hall–Kier alpha value is -4.33. The lowest BCUT2D eigenvalue weighted by molar-refractivity contribution is -0.122. The van der Waals surface area contributed by atoms with Gasteiger partial charge in [0.2, 0.25) is 5.91 Å². The van der Waals surface area contributed by atoms with Gasteiger partial charge in [0, 0.05) is 24.0 Å². The van der Waals surface area contributed by atoms with Gasteiger partial charge in [0.1, 0.15) is 23.8 Å². The van der Waals surface area contributed by atoms with Crippen LogP contribution >= 0.6 is 0 Å². The predicted octanol–water partition coefficient (Wildman–Crippen LogP) is 4.36. The van der Waals surface area contributed by atoms with Gasteiger partial charge in [-0.25, -0.2) is 4.98 Å². The molecular weight excluding hydrogens is 444 g/mol. The van der Waals surface area contributed by atoms with Gasteiger partial charge in [0.15, 0.2) is 5.76 Å². The van der Waals surface area contributed by atoms with Crippen LogP contribution in [0.2, 0.25) is 0 Å². The quantitative estimate of drug-likeness (QED) is 0.415. The number of fused-ring (bicyclic) bond motifs is 1. The maximum Gasteiger partial charge on any atom is 0.291 e. The first-order chi connectivity index (χ1) is 17.1. The van der Waals surface area contributed by atoms with Crippen molar-refractivity contribution < 1.29 is 18.7 Å². The number of rotatable bonds is 7. The Bertz CT molecular complexity index is 1330. The molecule has 8 heteroatoms. The number of carbonyl (C=O) groups excluding carboxylic acids is 2. The number of carbonyl (C=O) groups is 2. The van der Waals surface area contributed by atoms with E-state index in [0.717, 1.165) is 30.6 Å². The first kappa shape index (κ1) is 22.5. The third-order valence-corrected chi connectivity index (χ3v) is 6.18. The number of piperidine rings is 1. The maximum atomic E-state index is 13.2. The molecule has 1 atom stereocenters. The highest BCUT2D eigenvalue weighted by molar-refractivity contribution is 6.06. The van der Waals surface area contributed by atoms with Gasteiger partial charge < -0.3 is 25.1 Å². The van der Waals surface area contributed by atoms with Crippen LogP contribution < -0.4 is 20.7 Å². The highest BCUT2D eigenvalue weighted by atomic mass is 16.5. The van der Waals surface area contributed by atoms with Crippen LogP contribution in [0.15, 0.2) is 77.3 Å². The van der Waals surface area contributed by atoms with Gasteiger partial charge in [0.25, 0.3) is 5.91 Å². The molecule has 0 aliphatic carbocycles. The number of ether oxygens (including phenoxy) is 1. The van der Waals surface area contributed by atoms with Crippen molar-refractivity contribution in [3.05, 3.63) is 84.3 Å². The highest BCUT2D eigenvalue weighted by Crippen LogP contribution is 2.28. The van der Waals surface area contributed by atoms with Crippen molar-refractivity contribution >= 4 is 34.3 Å². The summed E-state index contributed by atoms with van der Waals surface area (Å²) in [4.78, 5) is 31.3. The number of furan rings is 1. The summed E-state index contributed by atoms with van der Waals surface area (Å²) < 4.78 is 11.8. The van der Waals surface area contributed by atoms with Crippen molar-refractivity contribution in [2.75, 3.05) is 23.3 Å². The van der Waals surface area contributed by atoms with E-state index in [4.69, 9.17) is 14.9 Å². The number of anilines is 2. The van der Waals surface area contributed by atoms with E-state index in [-0.39, 0.29) is 30.1 Å². The molecule has 0 spiro atoms. The van der Waals surface area contributed by atoms with E-state index >= 15 is 0 Å². The Morgan fingerprint density at radius 2 is 1.89 bits per heavy atom. The number of nitrogens with one attached hydrogen (secondary N) is 1. The fourth-order valence-corrected chi connectivity index (χ4v) is 4.35. The van der Waals surface area contributed by atoms with E-state index in [0.29, 0.717) is 29.1 Å². The average Bonchev–Trinajstić information content (AvgIpc) is 3.27. The molecule has 2 amide bonds. The van der Waals surface area contributed by atoms with Crippen molar-refractivity contribution in [3.63, 3.8) is 0 Å². The Labute approximate surface area is 202 Å². The van der Waals surface area contributed by atoms with E-state index in [2.05, 4.69) is 10.3 Å². The first-order valence-electron chi connectivity index (χ1n) is 11.6. The van der Waals surface area contributed by atoms with Crippen LogP contribution in [0.3, 0.4) is 0 Å². The lowest BCUT2D eigenvalue weighted by Gasteiger charge is -2.32. The smallest absolute Gasteiger partial charge is 0.291 e. The number of nitrogens with zero attached hydrogens (tertiary/aromatic N) is 2. The summed E-state index contributed by atoms with van der Waals surface area (Å²) in [5, 5.41) is 3.70. The van der Waals surface area contributed by atoms with Gasteiger partial charge in [-0.1, -0.05) is 36.4 Å². The van der Waals surface area contributed by atoms with E-state index in [1.807, 2.05) is 65.6 Å². The van der Waals surface area contributed by atoms with Gasteiger partial charge in [-0.15, -0.1) is 0 Å². The van der Waals surface area contributed by atoms with Crippen LogP contribution in [0, 0.1) is 5.92 Å². The van der Waals surface area contributed by atoms with Crippen molar-refractivity contribution in [2.45, 2.75) is 19.4 Å². The Morgan fingerprint density at radius 1 is 1.09 bits per heavy atom. The van der Waals surface area contributed by atoms with Crippen LogP contribution in [0.4, 0.5) is 11.5 Å². The number of aromatic nitrogens is 1. The fraction of sp³-hybridized carbons (Fsp3) is 0.222. The second-order valence-electron chi connectivity index (χ2n) is 8.55. The van der Waals surface area contributed by atoms with Gasteiger partial charge in [-0.05, 0) is 43.2 Å². The van der Waals surface area contributed by atoms with Crippen LogP contribution in [-0.2, 0) is 11.4 Å². The number of pyridine rings is 1. The molecule has 2 aromatic carbocycles.